The third kappa shape index (κ3) is 3.26. The molecule has 1 amide bonds. The van der Waals surface area contributed by atoms with E-state index < -0.39 is 17.9 Å². The van der Waals surface area contributed by atoms with Crippen molar-refractivity contribution >= 4 is 34.4 Å². The first-order chi connectivity index (χ1) is 11.6. The molecule has 0 fully saturated rings. The highest BCUT2D eigenvalue weighted by Gasteiger charge is 2.25. The third-order valence-electron chi connectivity index (χ3n) is 3.55. The second kappa shape index (κ2) is 6.76. The van der Waals surface area contributed by atoms with Crippen LogP contribution in [-0.2, 0) is 9.53 Å². The Morgan fingerprint density at radius 1 is 1.12 bits per heavy atom. The number of carbonyl (C=O) groups is 2. The summed E-state index contributed by atoms with van der Waals surface area (Å²) >= 11 is 5.93. The number of hydrogen-bond acceptors (Lipinski definition) is 4. The van der Waals surface area contributed by atoms with Crippen molar-refractivity contribution in [1.29, 1.82) is 0 Å². The van der Waals surface area contributed by atoms with E-state index in [1.165, 1.54) is 7.11 Å². The fourth-order valence-corrected chi connectivity index (χ4v) is 2.55. The fourth-order valence-electron chi connectivity index (χ4n) is 2.37. The summed E-state index contributed by atoms with van der Waals surface area (Å²) in [4.78, 5) is 24.5. The maximum Gasteiger partial charge on any atom is 0.333 e. The lowest BCUT2D eigenvalue weighted by molar-refractivity contribution is -0.143. The Morgan fingerprint density at radius 3 is 2.58 bits per heavy atom. The first kappa shape index (κ1) is 16.1. The van der Waals surface area contributed by atoms with Gasteiger partial charge in [0.25, 0.3) is 5.91 Å². The predicted octanol–water partition coefficient (Wildman–Crippen LogP) is 3.73. The van der Waals surface area contributed by atoms with Crippen molar-refractivity contribution < 1.29 is 18.7 Å². The molecule has 5 nitrogen and oxygen atoms in total. The Morgan fingerprint density at radius 2 is 1.88 bits per heavy atom. The zero-order valence-electron chi connectivity index (χ0n) is 12.8. The summed E-state index contributed by atoms with van der Waals surface area (Å²) in [6, 6.07) is 14.6. The second-order valence-corrected chi connectivity index (χ2v) is 5.57. The molecule has 0 aliphatic carbocycles. The van der Waals surface area contributed by atoms with Gasteiger partial charge in [0.1, 0.15) is 5.58 Å². The van der Waals surface area contributed by atoms with Crippen LogP contribution >= 0.6 is 11.6 Å². The van der Waals surface area contributed by atoms with Crippen LogP contribution in [0.4, 0.5) is 0 Å². The van der Waals surface area contributed by atoms with Gasteiger partial charge in [-0.3, -0.25) is 4.79 Å². The molecule has 0 aliphatic heterocycles. The molecule has 1 unspecified atom stereocenters. The molecule has 24 heavy (non-hydrogen) atoms. The molecule has 0 radical (unpaired) electrons. The monoisotopic (exact) mass is 343 g/mol. The van der Waals surface area contributed by atoms with Gasteiger partial charge in [0.2, 0.25) is 0 Å². The van der Waals surface area contributed by atoms with E-state index in [2.05, 4.69) is 5.32 Å². The van der Waals surface area contributed by atoms with E-state index in [1.807, 2.05) is 6.07 Å². The van der Waals surface area contributed by atoms with Crippen molar-refractivity contribution in [3.63, 3.8) is 0 Å². The zero-order chi connectivity index (χ0) is 17.1. The topological polar surface area (TPSA) is 68.5 Å². The van der Waals surface area contributed by atoms with Crippen molar-refractivity contribution in [2.24, 2.45) is 0 Å². The van der Waals surface area contributed by atoms with Gasteiger partial charge in [-0.15, -0.1) is 0 Å². The Kier molecular flexibility index (Phi) is 4.53. The average molecular weight is 344 g/mol. The van der Waals surface area contributed by atoms with Crippen LogP contribution in [0.5, 0.6) is 0 Å². The number of esters is 1. The number of carbonyl (C=O) groups excluding carboxylic acids is 2. The van der Waals surface area contributed by atoms with Crippen molar-refractivity contribution in [2.45, 2.75) is 6.04 Å². The number of halogens is 1. The average Bonchev–Trinajstić information content (AvgIpc) is 3.02. The van der Waals surface area contributed by atoms with Crippen LogP contribution in [0.3, 0.4) is 0 Å². The molecule has 3 rings (SSSR count). The smallest absolute Gasteiger partial charge is 0.333 e. The lowest BCUT2D eigenvalue weighted by Gasteiger charge is -2.16. The number of hydrogen-bond donors (Lipinski definition) is 1. The summed E-state index contributed by atoms with van der Waals surface area (Å²) in [5.41, 5.74) is 1.16. The second-order valence-electron chi connectivity index (χ2n) is 5.13. The van der Waals surface area contributed by atoms with Gasteiger partial charge in [-0.2, -0.15) is 0 Å². The van der Waals surface area contributed by atoms with E-state index in [0.29, 0.717) is 21.6 Å². The molecular formula is C18H14ClNO4. The Hall–Kier alpha value is -2.79. The molecule has 1 N–H and O–H groups in total. The molecular weight excluding hydrogens is 330 g/mol. The summed E-state index contributed by atoms with van der Waals surface area (Å²) in [6.45, 7) is 0. The maximum atomic E-state index is 12.5. The van der Waals surface area contributed by atoms with E-state index >= 15 is 0 Å². The van der Waals surface area contributed by atoms with E-state index in [9.17, 15) is 9.59 Å². The number of nitrogens with one attached hydrogen (secondary N) is 1. The molecule has 122 valence electrons. The molecule has 1 heterocycles. The van der Waals surface area contributed by atoms with E-state index in [4.69, 9.17) is 20.8 Å². The minimum atomic E-state index is -0.916. The minimum absolute atomic E-state index is 0.0945. The number of amides is 1. The number of fused-ring (bicyclic) bond motifs is 1. The van der Waals surface area contributed by atoms with Gasteiger partial charge in [-0.25, -0.2) is 4.79 Å². The standard InChI is InChI=1S/C18H14ClNO4/c1-23-18(22)16(11-5-3-2-4-6-11)20-17(21)15-10-12-9-13(19)7-8-14(12)24-15/h2-10,16H,1H3,(H,20,21). The molecule has 6 heteroatoms. The minimum Gasteiger partial charge on any atom is -0.467 e. The Labute approximate surface area is 143 Å². The molecule has 2 aromatic carbocycles. The van der Waals surface area contributed by atoms with Crippen LogP contribution in [0, 0.1) is 0 Å². The number of benzene rings is 2. The molecule has 0 spiro atoms. The number of furan rings is 1. The van der Waals surface area contributed by atoms with Crippen LogP contribution in [0.1, 0.15) is 22.2 Å². The lowest BCUT2D eigenvalue weighted by Crippen LogP contribution is -2.34. The largest absolute Gasteiger partial charge is 0.467 e. The zero-order valence-corrected chi connectivity index (χ0v) is 13.5. The van der Waals surface area contributed by atoms with Crippen molar-refractivity contribution in [3.8, 4) is 0 Å². The Balaban J connectivity index is 1.88. The SMILES string of the molecule is COC(=O)C(NC(=O)c1cc2cc(Cl)ccc2o1)c1ccccc1. The van der Waals surface area contributed by atoms with Gasteiger partial charge < -0.3 is 14.5 Å². The molecule has 0 saturated carbocycles. The summed E-state index contributed by atoms with van der Waals surface area (Å²) in [7, 11) is 1.27. The van der Waals surface area contributed by atoms with Crippen molar-refractivity contribution in [3.05, 3.63) is 70.9 Å². The number of ether oxygens (including phenoxy) is 1. The van der Waals surface area contributed by atoms with Crippen LogP contribution in [0.2, 0.25) is 5.02 Å². The summed E-state index contributed by atoms with van der Waals surface area (Å²) in [5, 5.41) is 3.89. The number of methoxy groups -OCH3 is 1. The maximum absolute atomic E-state index is 12.5. The van der Waals surface area contributed by atoms with Gasteiger partial charge in [0.05, 0.1) is 7.11 Å². The van der Waals surface area contributed by atoms with E-state index in [0.717, 1.165) is 0 Å². The molecule has 0 saturated heterocycles. The van der Waals surface area contributed by atoms with Crippen LogP contribution in [0.25, 0.3) is 11.0 Å². The van der Waals surface area contributed by atoms with Gasteiger partial charge >= 0.3 is 5.97 Å². The van der Waals surface area contributed by atoms with Crippen molar-refractivity contribution in [2.75, 3.05) is 7.11 Å². The van der Waals surface area contributed by atoms with Crippen molar-refractivity contribution in [1.82, 2.24) is 5.32 Å². The predicted molar refractivity (Wildman–Crippen MR) is 89.9 cm³/mol. The van der Waals surface area contributed by atoms with Gasteiger partial charge in [-0.1, -0.05) is 41.9 Å². The first-order valence-corrected chi connectivity index (χ1v) is 7.59. The van der Waals surface area contributed by atoms with E-state index in [-0.39, 0.29) is 5.76 Å². The summed E-state index contributed by atoms with van der Waals surface area (Å²) in [6.07, 6.45) is 0. The summed E-state index contributed by atoms with van der Waals surface area (Å²) < 4.78 is 10.3. The molecule has 3 aromatic rings. The highest BCUT2D eigenvalue weighted by atomic mass is 35.5. The quantitative estimate of drug-likeness (QED) is 0.733. The lowest BCUT2D eigenvalue weighted by atomic mass is 10.1. The third-order valence-corrected chi connectivity index (χ3v) is 3.78. The Bertz CT molecular complexity index is 888. The van der Waals surface area contributed by atoms with Gasteiger partial charge in [-0.05, 0) is 29.8 Å². The fraction of sp³-hybridized carbons (Fsp3) is 0.111. The molecule has 1 atom stereocenters. The molecule has 0 aliphatic rings. The molecule has 1 aromatic heterocycles. The van der Waals surface area contributed by atoms with Crippen LogP contribution in [0.15, 0.2) is 59.0 Å². The number of rotatable bonds is 4. The van der Waals surface area contributed by atoms with Crippen LogP contribution in [-0.4, -0.2) is 19.0 Å². The highest BCUT2D eigenvalue weighted by molar-refractivity contribution is 6.31. The van der Waals surface area contributed by atoms with Crippen LogP contribution < -0.4 is 5.32 Å². The molecule has 0 bridgehead atoms. The normalized spacial score (nSPS) is 11.9. The summed E-state index contributed by atoms with van der Waals surface area (Å²) in [5.74, 6) is -0.979. The first-order valence-electron chi connectivity index (χ1n) is 7.21. The van der Waals surface area contributed by atoms with E-state index in [1.54, 1.807) is 48.5 Å². The highest BCUT2D eigenvalue weighted by Crippen LogP contribution is 2.24. The van der Waals surface area contributed by atoms with Gasteiger partial charge in [0, 0.05) is 10.4 Å². The van der Waals surface area contributed by atoms with Gasteiger partial charge in [0.15, 0.2) is 11.8 Å².